The average molecular weight is 208 g/mol. The minimum absolute atomic E-state index is 0.0269. The van der Waals surface area contributed by atoms with Crippen molar-refractivity contribution in [1.29, 1.82) is 0 Å². The Morgan fingerprint density at radius 3 is 2.33 bits per heavy atom. The van der Waals surface area contributed by atoms with E-state index in [1.54, 1.807) is 6.92 Å². The maximum absolute atomic E-state index is 10.4. The van der Waals surface area contributed by atoms with Crippen LogP contribution >= 0.6 is 0 Å². The SMILES string of the molecule is Cc1ccc(C(C)(O)CCC(=O)O)cc1. The van der Waals surface area contributed by atoms with E-state index in [1.807, 2.05) is 31.2 Å². The summed E-state index contributed by atoms with van der Waals surface area (Å²) in [6, 6.07) is 7.48. The number of aliphatic hydroxyl groups is 1. The fraction of sp³-hybridized carbons (Fsp3) is 0.417. The molecule has 0 aliphatic carbocycles. The molecule has 15 heavy (non-hydrogen) atoms. The first kappa shape index (κ1) is 11.7. The smallest absolute Gasteiger partial charge is 0.303 e. The highest BCUT2D eigenvalue weighted by molar-refractivity contribution is 5.66. The van der Waals surface area contributed by atoms with Gasteiger partial charge in [-0.3, -0.25) is 4.79 Å². The molecule has 82 valence electrons. The van der Waals surface area contributed by atoms with E-state index in [1.165, 1.54) is 0 Å². The molecule has 1 aromatic carbocycles. The van der Waals surface area contributed by atoms with E-state index in [4.69, 9.17) is 5.11 Å². The molecule has 3 heteroatoms. The number of aliphatic carboxylic acids is 1. The molecule has 0 aromatic heterocycles. The van der Waals surface area contributed by atoms with Crippen molar-refractivity contribution in [2.45, 2.75) is 32.3 Å². The van der Waals surface area contributed by atoms with Gasteiger partial charge >= 0.3 is 5.97 Å². The van der Waals surface area contributed by atoms with Gasteiger partial charge in [-0.1, -0.05) is 29.8 Å². The van der Waals surface area contributed by atoms with Crippen LogP contribution in [-0.4, -0.2) is 16.2 Å². The Hall–Kier alpha value is -1.35. The molecule has 1 unspecified atom stereocenters. The topological polar surface area (TPSA) is 57.5 Å². The van der Waals surface area contributed by atoms with Gasteiger partial charge in [0.15, 0.2) is 0 Å². The summed E-state index contributed by atoms with van der Waals surface area (Å²) in [6.07, 6.45) is 0.201. The molecule has 0 spiro atoms. The molecule has 2 N–H and O–H groups in total. The summed E-state index contributed by atoms with van der Waals surface area (Å²) in [7, 11) is 0. The second-order valence-corrected chi connectivity index (χ2v) is 4.03. The molecule has 1 aromatic rings. The minimum Gasteiger partial charge on any atom is -0.481 e. The Morgan fingerprint density at radius 1 is 1.33 bits per heavy atom. The zero-order valence-electron chi connectivity index (χ0n) is 9.03. The molecule has 1 atom stereocenters. The number of hydrogen-bond acceptors (Lipinski definition) is 2. The van der Waals surface area contributed by atoms with E-state index >= 15 is 0 Å². The van der Waals surface area contributed by atoms with Gasteiger partial charge in [0, 0.05) is 6.42 Å². The number of rotatable bonds is 4. The molecule has 0 fully saturated rings. The minimum atomic E-state index is -1.06. The molecule has 0 aliphatic heterocycles. The quantitative estimate of drug-likeness (QED) is 0.796. The van der Waals surface area contributed by atoms with Crippen LogP contribution in [0.3, 0.4) is 0 Å². The standard InChI is InChI=1S/C12H16O3/c1-9-3-5-10(6-4-9)12(2,15)8-7-11(13)14/h3-6,15H,7-8H2,1-2H3,(H,13,14). The summed E-state index contributed by atoms with van der Waals surface area (Å²) in [5.74, 6) is -0.887. The number of carbonyl (C=O) groups is 1. The van der Waals surface area contributed by atoms with Gasteiger partial charge in [-0.25, -0.2) is 0 Å². The van der Waals surface area contributed by atoms with Crippen LogP contribution in [0, 0.1) is 6.92 Å². The van der Waals surface area contributed by atoms with Crippen molar-refractivity contribution in [1.82, 2.24) is 0 Å². The largest absolute Gasteiger partial charge is 0.481 e. The van der Waals surface area contributed by atoms with Crippen LogP contribution in [-0.2, 0) is 10.4 Å². The number of benzene rings is 1. The molecule has 0 amide bonds. The zero-order valence-corrected chi connectivity index (χ0v) is 9.03. The molecule has 0 heterocycles. The van der Waals surface area contributed by atoms with Gasteiger partial charge in [-0.15, -0.1) is 0 Å². The summed E-state index contributed by atoms with van der Waals surface area (Å²) < 4.78 is 0. The van der Waals surface area contributed by atoms with E-state index in [-0.39, 0.29) is 12.8 Å². The van der Waals surface area contributed by atoms with Crippen LogP contribution in [0.25, 0.3) is 0 Å². The number of aryl methyl sites for hydroxylation is 1. The summed E-state index contributed by atoms with van der Waals surface area (Å²) >= 11 is 0. The van der Waals surface area contributed by atoms with Crippen LogP contribution < -0.4 is 0 Å². The van der Waals surface area contributed by atoms with Crippen molar-refractivity contribution < 1.29 is 15.0 Å². The van der Waals surface area contributed by atoms with Gasteiger partial charge in [-0.05, 0) is 25.8 Å². The molecular formula is C12H16O3. The van der Waals surface area contributed by atoms with E-state index < -0.39 is 11.6 Å². The van der Waals surface area contributed by atoms with Crippen LogP contribution in [0.5, 0.6) is 0 Å². The lowest BCUT2D eigenvalue weighted by Crippen LogP contribution is -2.22. The van der Waals surface area contributed by atoms with E-state index in [9.17, 15) is 9.90 Å². The fourth-order valence-corrected chi connectivity index (χ4v) is 1.41. The maximum Gasteiger partial charge on any atom is 0.303 e. The van der Waals surface area contributed by atoms with Crippen molar-refractivity contribution in [2.24, 2.45) is 0 Å². The lowest BCUT2D eigenvalue weighted by molar-refractivity contribution is -0.138. The van der Waals surface area contributed by atoms with Gasteiger partial charge in [0.05, 0.1) is 5.60 Å². The van der Waals surface area contributed by atoms with Gasteiger partial charge in [0.25, 0.3) is 0 Å². The average Bonchev–Trinajstić information content (AvgIpc) is 2.16. The van der Waals surface area contributed by atoms with Crippen LogP contribution in [0.2, 0.25) is 0 Å². The molecular weight excluding hydrogens is 192 g/mol. The first-order valence-electron chi connectivity index (χ1n) is 4.93. The van der Waals surface area contributed by atoms with Crippen molar-refractivity contribution >= 4 is 5.97 Å². The second-order valence-electron chi connectivity index (χ2n) is 4.03. The summed E-state index contributed by atoms with van der Waals surface area (Å²) in [5.41, 5.74) is 0.814. The molecule has 0 radical (unpaired) electrons. The maximum atomic E-state index is 10.4. The Morgan fingerprint density at radius 2 is 1.87 bits per heavy atom. The Balaban J connectivity index is 2.76. The first-order valence-corrected chi connectivity index (χ1v) is 4.93. The third kappa shape index (κ3) is 3.36. The van der Waals surface area contributed by atoms with Gasteiger partial charge in [-0.2, -0.15) is 0 Å². The molecule has 0 saturated heterocycles. The van der Waals surface area contributed by atoms with Crippen molar-refractivity contribution in [2.75, 3.05) is 0 Å². The summed E-state index contributed by atoms with van der Waals surface area (Å²) in [4.78, 5) is 10.4. The van der Waals surface area contributed by atoms with Crippen LogP contribution in [0.15, 0.2) is 24.3 Å². The van der Waals surface area contributed by atoms with Crippen molar-refractivity contribution in [3.63, 3.8) is 0 Å². The molecule has 0 saturated carbocycles. The highest BCUT2D eigenvalue weighted by Gasteiger charge is 2.23. The highest BCUT2D eigenvalue weighted by atomic mass is 16.4. The number of carboxylic acids is 1. The summed E-state index contributed by atoms with van der Waals surface area (Å²) in [5, 5.41) is 18.6. The van der Waals surface area contributed by atoms with Crippen LogP contribution in [0.4, 0.5) is 0 Å². The lowest BCUT2D eigenvalue weighted by atomic mass is 9.91. The van der Waals surface area contributed by atoms with Crippen LogP contribution in [0.1, 0.15) is 30.9 Å². The van der Waals surface area contributed by atoms with Gasteiger partial charge in [0.2, 0.25) is 0 Å². The van der Waals surface area contributed by atoms with E-state index in [0.29, 0.717) is 0 Å². The number of hydrogen-bond donors (Lipinski definition) is 2. The normalized spacial score (nSPS) is 14.6. The van der Waals surface area contributed by atoms with Crippen molar-refractivity contribution in [3.8, 4) is 0 Å². The Kier molecular flexibility index (Phi) is 3.48. The lowest BCUT2D eigenvalue weighted by Gasteiger charge is -2.23. The molecule has 3 nitrogen and oxygen atoms in total. The first-order chi connectivity index (χ1) is 6.92. The Bertz CT molecular complexity index is 338. The van der Waals surface area contributed by atoms with Gasteiger partial charge < -0.3 is 10.2 Å². The van der Waals surface area contributed by atoms with Crippen molar-refractivity contribution in [3.05, 3.63) is 35.4 Å². The molecule has 0 aliphatic rings. The predicted molar refractivity (Wildman–Crippen MR) is 57.6 cm³/mol. The Labute approximate surface area is 89.4 Å². The van der Waals surface area contributed by atoms with E-state index in [0.717, 1.165) is 11.1 Å². The zero-order chi connectivity index (χ0) is 11.5. The molecule has 0 bridgehead atoms. The number of carboxylic acid groups (broad SMARTS) is 1. The molecule has 1 rings (SSSR count). The van der Waals surface area contributed by atoms with Gasteiger partial charge in [0.1, 0.15) is 0 Å². The fourth-order valence-electron chi connectivity index (χ4n) is 1.41. The third-order valence-electron chi connectivity index (χ3n) is 2.50. The monoisotopic (exact) mass is 208 g/mol. The predicted octanol–water partition coefficient (Wildman–Crippen LogP) is 2.07. The highest BCUT2D eigenvalue weighted by Crippen LogP contribution is 2.25. The summed E-state index contributed by atoms with van der Waals surface area (Å²) in [6.45, 7) is 3.61. The second kappa shape index (κ2) is 4.45. The third-order valence-corrected chi connectivity index (χ3v) is 2.50. The van der Waals surface area contributed by atoms with E-state index in [2.05, 4.69) is 0 Å².